The summed E-state index contributed by atoms with van der Waals surface area (Å²) >= 11 is 0. The minimum Gasteiger partial charge on any atom is -0.351 e. The summed E-state index contributed by atoms with van der Waals surface area (Å²) in [5.41, 5.74) is 2.00. The van der Waals surface area contributed by atoms with Crippen molar-refractivity contribution in [3.05, 3.63) is 35.4 Å². The first-order chi connectivity index (χ1) is 15.4. The summed E-state index contributed by atoms with van der Waals surface area (Å²) in [6.07, 6.45) is 6.06. The average molecular weight is 439 g/mol. The number of rotatable bonds is 8. The molecule has 4 unspecified atom stereocenters. The van der Waals surface area contributed by atoms with E-state index in [2.05, 4.69) is 34.3 Å². The number of amides is 2. The van der Waals surface area contributed by atoms with E-state index in [4.69, 9.17) is 0 Å². The molecule has 4 atom stereocenters. The van der Waals surface area contributed by atoms with E-state index in [0.29, 0.717) is 24.7 Å². The Kier molecular flexibility index (Phi) is 6.26. The van der Waals surface area contributed by atoms with Crippen LogP contribution in [0.4, 0.5) is 0 Å². The van der Waals surface area contributed by atoms with Crippen molar-refractivity contribution in [2.75, 3.05) is 26.2 Å². The molecule has 2 amide bonds. The molecule has 4 fully saturated rings. The summed E-state index contributed by atoms with van der Waals surface area (Å²) in [6.45, 7) is 8.66. The van der Waals surface area contributed by atoms with Crippen LogP contribution in [0, 0.1) is 11.8 Å². The maximum absolute atomic E-state index is 12.6. The Morgan fingerprint density at radius 3 is 1.44 bits per heavy atom. The normalized spacial score (nSPS) is 31.1. The van der Waals surface area contributed by atoms with Gasteiger partial charge in [-0.15, -0.1) is 0 Å². The van der Waals surface area contributed by atoms with E-state index in [1.807, 2.05) is 24.3 Å². The lowest BCUT2D eigenvalue weighted by molar-refractivity contribution is -0.122. The van der Waals surface area contributed by atoms with Gasteiger partial charge in [0.1, 0.15) is 0 Å². The predicted molar refractivity (Wildman–Crippen MR) is 125 cm³/mol. The van der Waals surface area contributed by atoms with Crippen molar-refractivity contribution in [1.29, 1.82) is 0 Å². The van der Waals surface area contributed by atoms with Gasteiger partial charge in [-0.05, 0) is 48.6 Å². The molecule has 32 heavy (non-hydrogen) atoms. The van der Waals surface area contributed by atoms with E-state index in [9.17, 15) is 9.59 Å². The van der Waals surface area contributed by atoms with Crippen LogP contribution < -0.4 is 10.6 Å². The Morgan fingerprint density at radius 2 is 1.09 bits per heavy atom. The van der Waals surface area contributed by atoms with Crippen LogP contribution in [-0.4, -0.2) is 72.0 Å². The van der Waals surface area contributed by atoms with Crippen molar-refractivity contribution >= 4 is 11.8 Å². The van der Waals surface area contributed by atoms with Gasteiger partial charge in [0.15, 0.2) is 0 Å². The molecule has 5 rings (SSSR count). The molecule has 0 radical (unpaired) electrons. The van der Waals surface area contributed by atoms with Gasteiger partial charge in [0.05, 0.1) is 12.8 Å². The first-order valence-corrected chi connectivity index (χ1v) is 12.6. The van der Waals surface area contributed by atoms with Gasteiger partial charge < -0.3 is 10.6 Å². The molecule has 1 aromatic carbocycles. The van der Waals surface area contributed by atoms with E-state index >= 15 is 0 Å². The van der Waals surface area contributed by atoms with E-state index in [1.165, 1.54) is 25.7 Å². The van der Waals surface area contributed by atoms with Crippen molar-refractivity contribution in [1.82, 2.24) is 20.4 Å². The van der Waals surface area contributed by atoms with Crippen molar-refractivity contribution in [2.45, 2.75) is 76.5 Å². The lowest BCUT2D eigenvalue weighted by atomic mass is 10.0. The van der Waals surface area contributed by atoms with E-state index in [0.717, 1.165) is 49.4 Å². The van der Waals surface area contributed by atoms with Gasteiger partial charge in [0.2, 0.25) is 11.8 Å². The molecule has 2 N–H and O–H groups in total. The lowest BCUT2D eigenvalue weighted by Crippen LogP contribution is -2.41. The molecule has 2 aliphatic carbocycles. The number of carbonyl (C=O) groups is 2. The van der Waals surface area contributed by atoms with Crippen molar-refractivity contribution in [2.24, 2.45) is 11.8 Å². The third kappa shape index (κ3) is 5.34. The van der Waals surface area contributed by atoms with E-state index < -0.39 is 0 Å². The first kappa shape index (κ1) is 21.9. The zero-order chi connectivity index (χ0) is 22.2. The first-order valence-electron chi connectivity index (χ1n) is 12.6. The lowest BCUT2D eigenvalue weighted by Gasteiger charge is -2.17. The molecule has 2 heterocycles. The quantitative estimate of drug-likeness (QED) is 0.651. The van der Waals surface area contributed by atoms with Crippen molar-refractivity contribution in [3.8, 4) is 0 Å². The van der Waals surface area contributed by atoms with E-state index in [1.54, 1.807) is 0 Å². The van der Waals surface area contributed by atoms with Gasteiger partial charge in [0, 0.05) is 50.3 Å². The van der Waals surface area contributed by atoms with E-state index in [-0.39, 0.29) is 23.9 Å². The van der Waals surface area contributed by atoms with Crippen molar-refractivity contribution < 1.29 is 9.59 Å². The molecule has 0 bridgehead atoms. The summed E-state index contributed by atoms with van der Waals surface area (Å²) < 4.78 is 0. The minimum atomic E-state index is 0.0976. The summed E-state index contributed by atoms with van der Waals surface area (Å²) in [6, 6.07) is 10.0. The molecule has 6 heteroatoms. The summed E-state index contributed by atoms with van der Waals surface area (Å²) in [4.78, 5) is 30.2. The molecule has 0 spiro atoms. The highest BCUT2D eigenvalue weighted by atomic mass is 16.2. The Hall–Kier alpha value is -1.92. The molecule has 4 aliphatic rings. The van der Waals surface area contributed by atoms with Gasteiger partial charge in [-0.1, -0.05) is 38.1 Å². The molecule has 174 valence electrons. The zero-order valence-corrected chi connectivity index (χ0v) is 19.6. The molecule has 6 nitrogen and oxygen atoms in total. The van der Waals surface area contributed by atoms with Gasteiger partial charge in [-0.3, -0.25) is 19.4 Å². The number of benzene rings is 1. The fraction of sp³-hybridized carbons (Fsp3) is 0.692. The topological polar surface area (TPSA) is 64.7 Å². The van der Waals surface area contributed by atoms with Gasteiger partial charge >= 0.3 is 0 Å². The largest absolute Gasteiger partial charge is 0.351 e. The number of nitrogens with zero attached hydrogens (tertiary/aromatic N) is 2. The van der Waals surface area contributed by atoms with Crippen LogP contribution in [0.1, 0.15) is 50.7 Å². The highest BCUT2D eigenvalue weighted by Gasteiger charge is 2.39. The molecular formula is C26H38N4O2. The highest BCUT2D eigenvalue weighted by molar-refractivity contribution is 5.80. The Morgan fingerprint density at radius 1 is 0.719 bits per heavy atom. The summed E-state index contributed by atoms with van der Waals surface area (Å²) in [7, 11) is 0. The summed E-state index contributed by atoms with van der Waals surface area (Å²) in [5.74, 6) is 1.22. The number of carbonyl (C=O) groups excluding carboxylic acids is 2. The third-order valence-corrected chi connectivity index (χ3v) is 7.85. The number of hydrogen-bond acceptors (Lipinski definition) is 4. The van der Waals surface area contributed by atoms with Crippen LogP contribution in [0.5, 0.6) is 0 Å². The van der Waals surface area contributed by atoms with Crippen LogP contribution in [0.25, 0.3) is 0 Å². The summed E-state index contributed by atoms with van der Waals surface area (Å²) in [5, 5.41) is 6.50. The SMILES string of the molecule is CC1CN(C2CC2)CC1NC(=O)Cc1ccc(CC(=O)NC2CN(C3CC3)CC2C)cc1. The second-order valence-corrected chi connectivity index (χ2v) is 10.8. The molecule has 2 saturated heterocycles. The number of hydrogen-bond donors (Lipinski definition) is 2. The second-order valence-electron chi connectivity index (χ2n) is 10.8. The maximum Gasteiger partial charge on any atom is 0.224 e. The van der Waals surface area contributed by atoms with Crippen molar-refractivity contribution in [3.63, 3.8) is 0 Å². The zero-order valence-electron chi connectivity index (χ0n) is 19.6. The molecule has 2 saturated carbocycles. The average Bonchev–Trinajstić information content (AvgIpc) is 3.67. The fourth-order valence-electron chi connectivity index (χ4n) is 5.52. The molecule has 1 aromatic rings. The Balaban J connectivity index is 1.06. The smallest absolute Gasteiger partial charge is 0.224 e. The molecule has 0 aromatic heterocycles. The van der Waals surface area contributed by atoms with Gasteiger partial charge in [-0.25, -0.2) is 0 Å². The highest BCUT2D eigenvalue weighted by Crippen LogP contribution is 2.32. The Labute approximate surface area is 192 Å². The monoisotopic (exact) mass is 438 g/mol. The maximum atomic E-state index is 12.6. The second kappa shape index (κ2) is 9.14. The predicted octanol–water partition coefficient (Wildman–Crippen LogP) is 1.97. The van der Waals surface area contributed by atoms with Crippen LogP contribution in [-0.2, 0) is 22.4 Å². The number of likely N-dealkylation sites (tertiary alicyclic amines) is 2. The standard InChI is InChI=1S/C26H38N4O2/c1-17-13-29(21-7-8-21)15-23(17)27-25(31)11-19-3-5-20(6-4-19)12-26(32)28-24-16-30(14-18(24)2)22-9-10-22/h3-6,17-18,21-24H,7-16H2,1-2H3,(H,27,31)(H,28,32). The van der Waals surface area contributed by atoms with Crippen LogP contribution in [0.2, 0.25) is 0 Å². The van der Waals surface area contributed by atoms with Crippen LogP contribution in [0.3, 0.4) is 0 Å². The third-order valence-electron chi connectivity index (χ3n) is 7.85. The molecular weight excluding hydrogens is 400 g/mol. The number of nitrogens with one attached hydrogen (secondary N) is 2. The van der Waals surface area contributed by atoms with Crippen LogP contribution in [0.15, 0.2) is 24.3 Å². The minimum absolute atomic E-state index is 0.0976. The van der Waals surface area contributed by atoms with Gasteiger partial charge in [-0.2, -0.15) is 0 Å². The van der Waals surface area contributed by atoms with Gasteiger partial charge in [0.25, 0.3) is 0 Å². The fourth-order valence-corrected chi connectivity index (χ4v) is 5.52. The molecule has 2 aliphatic heterocycles. The Bertz CT molecular complexity index is 764. The van der Waals surface area contributed by atoms with Crippen LogP contribution >= 0.6 is 0 Å².